The average Bonchev–Trinajstić information content (AvgIpc) is 2.96. The van der Waals surface area contributed by atoms with Crippen LogP contribution < -0.4 is 11.1 Å². The van der Waals surface area contributed by atoms with Gasteiger partial charge >= 0.3 is 0 Å². The number of aromatic nitrogens is 1. The number of carbonyl (C=O) groups is 2. The molecule has 21 heavy (non-hydrogen) atoms. The van der Waals surface area contributed by atoms with Gasteiger partial charge in [-0.25, -0.2) is 4.98 Å². The topological polar surface area (TPSA) is 91.6 Å². The van der Waals surface area contributed by atoms with E-state index >= 15 is 0 Å². The van der Waals surface area contributed by atoms with Crippen LogP contribution in [-0.2, 0) is 11.3 Å². The molecule has 1 aromatic rings. The van der Waals surface area contributed by atoms with Gasteiger partial charge in [-0.3, -0.25) is 14.5 Å². The quantitative estimate of drug-likeness (QED) is 0.764. The van der Waals surface area contributed by atoms with Crippen molar-refractivity contribution in [2.24, 2.45) is 5.73 Å². The van der Waals surface area contributed by atoms with Crippen LogP contribution in [0.25, 0.3) is 0 Å². The highest BCUT2D eigenvalue weighted by molar-refractivity contribution is 7.09. The van der Waals surface area contributed by atoms with Crippen molar-refractivity contribution in [3.63, 3.8) is 0 Å². The monoisotopic (exact) mass is 311 g/mol. The van der Waals surface area contributed by atoms with Gasteiger partial charge in [-0.2, -0.15) is 0 Å². The zero-order valence-corrected chi connectivity index (χ0v) is 13.0. The van der Waals surface area contributed by atoms with Crippen molar-refractivity contribution in [3.8, 4) is 0 Å². The van der Waals surface area contributed by atoms with Crippen LogP contribution in [0.3, 0.4) is 0 Å². The zero-order chi connectivity index (χ0) is 15.2. The maximum atomic E-state index is 12.3. The number of amides is 2. The summed E-state index contributed by atoms with van der Waals surface area (Å²) in [5.41, 5.74) is 5.98. The molecule has 0 bridgehead atoms. The lowest BCUT2D eigenvalue weighted by molar-refractivity contribution is -0.122. The van der Waals surface area contributed by atoms with Gasteiger partial charge in [0.1, 0.15) is 10.7 Å². The molecule has 1 fully saturated rings. The van der Waals surface area contributed by atoms with E-state index in [0.717, 1.165) is 5.01 Å². The maximum absolute atomic E-state index is 12.3. The van der Waals surface area contributed by atoms with E-state index in [1.807, 2.05) is 6.92 Å². The van der Waals surface area contributed by atoms with Crippen molar-refractivity contribution in [2.75, 3.05) is 39.3 Å². The van der Waals surface area contributed by atoms with Gasteiger partial charge in [-0.15, -0.1) is 11.3 Å². The van der Waals surface area contributed by atoms with Crippen LogP contribution in [0.4, 0.5) is 0 Å². The lowest BCUT2D eigenvalue weighted by atomic mass is 10.3. The molecular formula is C13H21N5O2S. The molecule has 1 aliphatic heterocycles. The summed E-state index contributed by atoms with van der Waals surface area (Å²) < 4.78 is 0. The van der Waals surface area contributed by atoms with E-state index in [4.69, 9.17) is 5.73 Å². The summed E-state index contributed by atoms with van der Waals surface area (Å²) in [5, 5.41) is 5.31. The van der Waals surface area contributed by atoms with E-state index < -0.39 is 0 Å². The molecular weight excluding hydrogens is 290 g/mol. The first kappa shape index (κ1) is 15.9. The van der Waals surface area contributed by atoms with E-state index in [1.54, 1.807) is 10.3 Å². The summed E-state index contributed by atoms with van der Waals surface area (Å²) in [7, 11) is 0. The van der Waals surface area contributed by atoms with Gasteiger partial charge in [0.15, 0.2) is 0 Å². The molecule has 2 amide bonds. The third-order valence-electron chi connectivity index (χ3n) is 3.35. The largest absolute Gasteiger partial charge is 0.355 e. The van der Waals surface area contributed by atoms with Crippen molar-refractivity contribution in [3.05, 3.63) is 16.1 Å². The third-order valence-corrected chi connectivity index (χ3v) is 4.22. The second-order valence-electron chi connectivity index (χ2n) is 4.85. The molecule has 0 aliphatic carbocycles. The fraction of sp³-hybridized carbons (Fsp3) is 0.615. The number of thiazole rings is 1. The molecule has 0 radical (unpaired) electrons. The lowest BCUT2D eigenvalue weighted by Crippen LogP contribution is -2.51. The van der Waals surface area contributed by atoms with Crippen LogP contribution in [-0.4, -0.2) is 65.9 Å². The van der Waals surface area contributed by atoms with Gasteiger partial charge in [0, 0.05) is 44.6 Å². The van der Waals surface area contributed by atoms with Crippen molar-refractivity contribution in [2.45, 2.75) is 13.5 Å². The van der Waals surface area contributed by atoms with Crippen LogP contribution in [0.2, 0.25) is 0 Å². The highest BCUT2D eigenvalue weighted by Crippen LogP contribution is 2.12. The summed E-state index contributed by atoms with van der Waals surface area (Å²) in [6, 6.07) is 0. The molecule has 0 aromatic carbocycles. The molecule has 8 heteroatoms. The van der Waals surface area contributed by atoms with Crippen LogP contribution in [0.15, 0.2) is 5.38 Å². The second-order valence-corrected chi connectivity index (χ2v) is 5.80. The molecule has 0 saturated carbocycles. The van der Waals surface area contributed by atoms with Crippen molar-refractivity contribution in [1.82, 2.24) is 20.1 Å². The highest BCUT2D eigenvalue weighted by Gasteiger charge is 2.24. The summed E-state index contributed by atoms with van der Waals surface area (Å²) in [4.78, 5) is 31.9. The first-order valence-electron chi connectivity index (χ1n) is 7.06. The van der Waals surface area contributed by atoms with E-state index in [2.05, 4.69) is 15.2 Å². The van der Waals surface area contributed by atoms with Gasteiger partial charge < -0.3 is 16.0 Å². The number of nitrogens with one attached hydrogen (secondary N) is 1. The highest BCUT2D eigenvalue weighted by atomic mass is 32.1. The Balaban J connectivity index is 1.83. The number of hydrogen-bond donors (Lipinski definition) is 2. The fourth-order valence-electron chi connectivity index (χ4n) is 2.23. The summed E-state index contributed by atoms with van der Waals surface area (Å²) in [6.45, 7) is 5.94. The van der Waals surface area contributed by atoms with Crippen molar-refractivity contribution in [1.29, 1.82) is 0 Å². The van der Waals surface area contributed by atoms with Gasteiger partial charge in [-0.1, -0.05) is 0 Å². The third kappa shape index (κ3) is 4.23. The van der Waals surface area contributed by atoms with Crippen LogP contribution in [0, 0.1) is 0 Å². The molecule has 1 aliphatic rings. The Kier molecular flexibility index (Phi) is 5.66. The van der Waals surface area contributed by atoms with Gasteiger partial charge in [0.25, 0.3) is 5.91 Å². The molecule has 3 N–H and O–H groups in total. The Morgan fingerprint density at radius 1 is 1.38 bits per heavy atom. The van der Waals surface area contributed by atoms with E-state index in [0.29, 0.717) is 51.5 Å². The van der Waals surface area contributed by atoms with Gasteiger partial charge in [-0.05, 0) is 6.92 Å². The van der Waals surface area contributed by atoms with Crippen LogP contribution in [0.5, 0.6) is 0 Å². The molecule has 0 atom stereocenters. The Labute approximate surface area is 128 Å². The molecule has 1 aromatic heterocycles. The SMILES string of the molecule is CCNC(=O)CN1CCN(C(=O)c2csc(CN)n2)CC1. The van der Waals surface area contributed by atoms with E-state index in [1.165, 1.54) is 11.3 Å². The maximum Gasteiger partial charge on any atom is 0.273 e. The predicted molar refractivity (Wildman–Crippen MR) is 81.0 cm³/mol. The second kappa shape index (κ2) is 7.48. The summed E-state index contributed by atoms with van der Waals surface area (Å²) in [5.74, 6) is -0.0204. The minimum Gasteiger partial charge on any atom is -0.355 e. The van der Waals surface area contributed by atoms with Crippen molar-refractivity contribution < 1.29 is 9.59 Å². The summed E-state index contributed by atoms with van der Waals surface area (Å²) >= 11 is 1.41. The molecule has 2 heterocycles. The summed E-state index contributed by atoms with van der Waals surface area (Å²) in [6.07, 6.45) is 0. The first-order valence-corrected chi connectivity index (χ1v) is 7.94. The number of rotatable bonds is 5. The average molecular weight is 311 g/mol. The minimum absolute atomic E-state index is 0.0318. The number of hydrogen-bond acceptors (Lipinski definition) is 6. The number of piperazine rings is 1. The zero-order valence-electron chi connectivity index (χ0n) is 12.2. The standard InChI is InChI=1S/C13H21N5O2S/c1-2-15-11(19)8-17-3-5-18(6-4-17)13(20)10-9-21-12(7-14)16-10/h9H,2-8,14H2,1H3,(H,15,19). The van der Waals surface area contributed by atoms with Crippen LogP contribution >= 0.6 is 11.3 Å². The molecule has 1 saturated heterocycles. The van der Waals surface area contributed by atoms with Gasteiger partial charge in [0.05, 0.1) is 6.54 Å². The Hall–Kier alpha value is -1.51. The normalized spacial score (nSPS) is 16.0. The van der Waals surface area contributed by atoms with E-state index in [9.17, 15) is 9.59 Å². The van der Waals surface area contributed by atoms with Crippen molar-refractivity contribution >= 4 is 23.2 Å². The molecule has 7 nitrogen and oxygen atoms in total. The molecule has 0 spiro atoms. The molecule has 116 valence electrons. The Morgan fingerprint density at radius 2 is 2.10 bits per heavy atom. The molecule has 0 unspecified atom stereocenters. The number of nitrogens with two attached hydrogens (primary N) is 1. The lowest BCUT2D eigenvalue weighted by Gasteiger charge is -2.33. The smallest absolute Gasteiger partial charge is 0.273 e. The predicted octanol–water partition coefficient (Wildman–Crippen LogP) is -0.504. The Morgan fingerprint density at radius 3 is 2.67 bits per heavy atom. The first-order chi connectivity index (χ1) is 10.1. The molecule has 2 rings (SSSR count). The van der Waals surface area contributed by atoms with E-state index in [-0.39, 0.29) is 11.8 Å². The van der Waals surface area contributed by atoms with Crippen LogP contribution in [0.1, 0.15) is 22.4 Å². The number of nitrogens with zero attached hydrogens (tertiary/aromatic N) is 3. The van der Waals surface area contributed by atoms with Gasteiger partial charge in [0.2, 0.25) is 5.91 Å². The number of likely N-dealkylation sites (N-methyl/N-ethyl adjacent to an activating group) is 1. The number of carbonyl (C=O) groups excluding carboxylic acids is 2. The fourth-order valence-corrected chi connectivity index (χ4v) is 2.88. The Bertz CT molecular complexity index is 497. The minimum atomic E-state index is -0.0522.